The lowest BCUT2D eigenvalue weighted by Gasteiger charge is -2.29. The first-order chi connectivity index (χ1) is 16.0. The van der Waals surface area contributed by atoms with Crippen molar-refractivity contribution in [3.05, 3.63) is 143 Å². The van der Waals surface area contributed by atoms with Crippen LogP contribution in [0.25, 0.3) is 0 Å². The Morgan fingerprint density at radius 1 is 0.727 bits per heavy atom. The molecular weight excluding hydrogens is 426 g/mol. The van der Waals surface area contributed by atoms with E-state index in [0.29, 0.717) is 18.0 Å². The molecule has 0 fully saturated rings. The van der Waals surface area contributed by atoms with Gasteiger partial charge in [-0.05, 0) is 45.9 Å². The zero-order valence-electron chi connectivity index (χ0n) is 19.0. The molecule has 0 aliphatic carbocycles. The van der Waals surface area contributed by atoms with Gasteiger partial charge in [-0.25, -0.2) is 0 Å². The van der Waals surface area contributed by atoms with Crippen LogP contribution in [0.15, 0.2) is 109 Å². The Morgan fingerprint density at radius 3 is 1.70 bits per heavy atom. The van der Waals surface area contributed by atoms with Crippen molar-refractivity contribution in [3.8, 4) is 0 Å². The first kappa shape index (κ1) is 22.8. The number of hydrogen-bond acceptors (Lipinski definition) is 1. The van der Waals surface area contributed by atoms with Crippen molar-refractivity contribution in [2.24, 2.45) is 0 Å². The summed E-state index contributed by atoms with van der Waals surface area (Å²) < 4.78 is 0. The maximum atomic E-state index is 12.8. The molecule has 1 amide bonds. The largest absolute Gasteiger partial charge is 0.348 e. The molecule has 0 radical (unpaired) electrons. The van der Waals surface area contributed by atoms with Crippen LogP contribution in [0.3, 0.4) is 0 Å². The quantitative estimate of drug-likeness (QED) is 0.231. The molecule has 0 bridgehead atoms. The lowest BCUT2D eigenvalue weighted by atomic mass is 9.84. The molecule has 0 saturated heterocycles. The molecule has 1 N–H and O–H groups in total. The number of carbonyl (C=O) groups excluding carboxylic acids is 1. The van der Waals surface area contributed by atoms with Crippen LogP contribution in [0, 0.1) is 0 Å². The van der Waals surface area contributed by atoms with Gasteiger partial charge in [0.2, 0.25) is 0 Å². The molecule has 3 heteroatoms. The molecule has 0 spiro atoms. The number of alkyl halides is 1. The van der Waals surface area contributed by atoms with Gasteiger partial charge in [0.15, 0.2) is 0 Å². The predicted octanol–water partition coefficient (Wildman–Crippen LogP) is 7.27. The highest BCUT2D eigenvalue weighted by Gasteiger charge is 2.33. The first-order valence-corrected chi connectivity index (χ1v) is 11.6. The van der Waals surface area contributed by atoms with E-state index >= 15 is 0 Å². The third-order valence-electron chi connectivity index (χ3n) is 5.99. The number of halogens is 1. The molecule has 0 heterocycles. The van der Waals surface area contributed by atoms with Gasteiger partial charge in [-0.2, -0.15) is 0 Å². The monoisotopic (exact) mass is 453 g/mol. The Morgan fingerprint density at radius 2 is 1.21 bits per heavy atom. The molecule has 33 heavy (non-hydrogen) atoms. The van der Waals surface area contributed by atoms with Gasteiger partial charge < -0.3 is 5.32 Å². The molecular formula is C30H28ClNO. The van der Waals surface area contributed by atoms with E-state index in [0.717, 1.165) is 22.3 Å². The summed E-state index contributed by atoms with van der Waals surface area (Å²) in [6.45, 7) is 4.84. The third kappa shape index (κ3) is 5.02. The van der Waals surface area contributed by atoms with E-state index < -0.39 is 4.87 Å². The number of amides is 1. The van der Waals surface area contributed by atoms with E-state index in [2.05, 4.69) is 43.4 Å². The Hall–Kier alpha value is -3.36. The molecule has 0 saturated carbocycles. The van der Waals surface area contributed by atoms with Crippen molar-refractivity contribution < 1.29 is 4.79 Å². The maximum absolute atomic E-state index is 12.8. The van der Waals surface area contributed by atoms with Gasteiger partial charge in [-0.1, -0.05) is 111 Å². The van der Waals surface area contributed by atoms with Crippen molar-refractivity contribution in [1.29, 1.82) is 0 Å². The van der Waals surface area contributed by atoms with Gasteiger partial charge in [0, 0.05) is 12.1 Å². The minimum Gasteiger partial charge on any atom is -0.348 e. The van der Waals surface area contributed by atoms with Gasteiger partial charge in [0.05, 0.1) is 0 Å². The summed E-state index contributed by atoms with van der Waals surface area (Å²) >= 11 is 7.32. The average Bonchev–Trinajstić information content (AvgIpc) is 2.88. The normalized spacial score (nSPS) is 11.4. The summed E-state index contributed by atoms with van der Waals surface area (Å²) in [6, 6.07) is 36.0. The van der Waals surface area contributed by atoms with Crippen molar-refractivity contribution >= 4 is 17.5 Å². The fourth-order valence-electron chi connectivity index (χ4n) is 3.99. The van der Waals surface area contributed by atoms with Gasteiger partial charge in [-0.15, -0.1) is 11.6 Å². The summed E-state index contributed by atoms with van der Waals surface area (Å²) in [5.74, 6) is 0.391. The predicted molar refractivity (Wildman–Crippen MR) is 137 cm³/mol. The highest BCUT2D eigenvalue weighted by Crippen LogP contribution is 2.42. The topological polar surface area (TPSA) is 29.1 Å². The van der Waals surface area contributed by atoms with E-state index in [1.165, 1.54) is 5.56 Å². The van der Waals surface area contributed by atoms with E-state index in [9.17, 15) is 4.79 Å². The zero-order valence-corrected chi connectivity index (χ0v) is 19.7. The molecule has 4 aromatic carbocycles. The van der Waals surface area contributed by atoms with E-state index in [-0.39, 0.29) is 5.91 Å². The molecule has 4 aromatic rings. The first-order valence-electron chi connectivity index (χ1n) is 11.3. The summed E-state index contributed by atoms with van der Waals surface area (Å²) in [6.07, 6.45) is 0. The molecule has 0 atom stereocenters. The van der Waals surface area contributed by atoms with E-state index in [1.54, 1.807) is 0 Å². The Labute approximate surface area is 201 Å². The summed E-state index contributed by atoms with van der Waals surface area (Å²) in [5.41, 5.74) is 5.87. The van der Waals surface area contributed by atoms with Crippen LogP contribution in [0.1, 0.15) is 57.9 Å². The molecule has 0 aromatic heterocycles. The van der Waals surface area contributed by atoms with Crippen molar-refractivity contribution in [3.63, 3.8) is 0 Å². The second kappa shape index (κ2) is 10.1. The number of benzene rings is 4. The third-order valence-corrected chi connectivity index (χ3v) is 6.64. The maximum Gasteiger partial charge on any atom is 0.251 e. The highest BCUT2D eigenvalue weighted by molar-refractivity contribution is 6.28. The number of carbonyl (C=O) groups is 1. The number of hydrogen-bond donors (Lipinski definition) is 1. The van der Waals surface area contributed by atoms with Crippen LogP contribution in [-0.4, -0.2) is 5.91 Å². The number of nitrogens with one attached hydrogen (secondary N) is 1. The molecule has 2 nitrogen and oxygen atoms in total. The van der Waals surface area contributed by atoms with Gasteiger partial charge in [-0.3, -0.25) is 4.79 Å². The van der Waals surface area contributed by atoms with Gasteiger partial charge in [0.25, 0.3) is 5.91 Å². The zero-order chi connectivity index (χ0) is 23.3. The van der Waals surface area contributed by atoms with Gasteiger partial charge >= 0.3 is 0 Å². The Bertz CT molecular complexity index is 1140. The van der Waals surface area contributed by atoms with Crippen LogP contribution < -0.4 is 5.32 Å². The standard InChI is InChI=1S/C30H28ClNO/c1-22(2)24-15-13-23(14-16-24)21-32-29(33)25-17-19-28(20-18-25)30(31,26-9-5-3-6-10-26)27-11-7-4-8-12-27/h3-20,22H,21H2,1-2H3,(H,32,33). The summed E-state index contributed by atoms with van der Waals surface area (Å²) in [7, 11) is 0. The fourth-order valence-corrected chi connectivity index (χ4v) is 4.37. The Kier molecular flexibility index (Phi) is 6.96. The second-order valence-corrected chi connectivity index (χ2v) is 9.11. The van der Waals surface area contributed by atoms with E-state index in [4.69, 9.17) is 11.6 Å². The summed E-state index contributed by atoms with van der Waals surface area (Å²) in [4.78, 5) is 11.9. The lowest BCUT2D eigenvalue weighted by molar-refractivity contribution is 0.0951. The minimum atomic E-state index is -0.838. The SMILES string of the molecule is CC(C)c1ccc(CNC(=O)c2ccc(C(Cl)(c3ccccc3)c3ccccc3)cc2)cc1. The number of rotatable bonds is 7. The van der Waals surface area contributed by atoms with Crippen LogP contribution >= 0.6 is 11.6 Å². The molecule has 0 unspecified atom stereocenters. The van der Waals surface area contributed by atoms with Crippen molar-refractivity contribution in [2.75, 3.05) is 0 Å². The fraction of sp³-hybridized carbons (Fsp3) is 0.167. The van der Waals surface area contributed by atoms with Crippen LogP contribution in [0.2, 0.25) is 0 Å². The van der Waals surface area contributed by atoms with Crippen LogP contribution in [0.4, 0.5) is 0 Å². The molecule has 4 rings (SSSR count). The highest BCUT2D eigenvalue weighted by atomic mass is 35.5. The van der Waals surface area contributed by atoms with Crippen molar-refractivity contribution in [2.45, 2.75) is 31.2 Å². The lowest BCUT2D eigenvalue weighted by Crippen LogP contribution is -2.24. The smallest absolute Gasteiger partial charge is 0.251 e. The van der Waals surface area contributed by atoms with E-state index in [1.807, 2.05) is 84.9 Å². The van der Waals surface area contributed by atoms with Crippen LogP contribution in [0.5, 0.6) is 0 Å². The average molecular weight is 454 g/mol. The van der Waals surface area contributed by atoms with Crippen molar-refractivity contribution in [1.82, 2.24) is 5.32 Å². The second-order valence-electron chi connectivity index (χ2n) is 8.55. The van der Waals surface area contributed by atoms with Crippen LogP contribution in [-0.2, 0) is 11.4 Å². The molecule has 0 aliphatic rings. The molecule has 166 valence electrons. The Balaban J connectivity index is 1.54. The molecule has 0 aliphatic heterocycles. The summed E-state index contributed by atoms with van der Waals surface area (Å²) in [5, 5.41) is 3.01. The van der Waals surface area contributed by atoms with Gasteiger partial charge in [0.1, 0.15) is 4.87 Å². The minimum absolute atomic E-state index is 0.103.